The molecule has 1 fully saturated rings. The van der Waals surface area contributed by atoms with Crippen molar-refractivity contribution in [1.82, 2.24) is 15.2 Å². The quantitative estimate of drug-likeness (QED) is 0.722. The van der Waals surface area contributed by atoms with Gasteiger partial charge in [0.05, 0.1) is 17.2 Å². The van der Waals surface area contributed by atoms with Crippen molar-refractivity contribution in [3.05, 3.63) is 59.4 Å². The maximum atomic E-state index is 12.4. The van der Waals surface area contributed by atoms with E-state index in [0.717, 1.165) is 12.8 Å². The number of likely N-dealkylation sites (tertiary alicyclic amines) is 1. The molecule has 148 valence electrons. The first-order chi connectivity index (χ1) is 13.6. The van der Waals surface area contributed by atoms with Crippen molar-refractivity contribution in [2.45, 2.75) is 31.7 Å². The number of nitrogens with one attached hydrogen (secondary N) is 1. The summed E-state index contributed by atoms with van der Waals surface area (Å²) in [5.74, 6) is 0.643. The van der Waals surface area contributed by atoms with E-state index in [2.05, 4.69) is 10.3 Å². The van der Waals surface area contributed by atoms with Crippen LogP contribution < -0.4 is 10.1 Å². The van der Waals surface area contributed by atoms with Crippen molar-refractivity contribution in [2.24, 2.45) is 0 Å². The molecule has 28 heavy (non-hydrogen) atoms. The molecular weight excluding hydrogens is 378 g/mol. The lowest BCUT2D eigenvalue weighted by atomic mass is 10.0. The molecule has 2 amide bonds. The Hall–Kier alpha value is -2.60. The van der Waals surface area contributed by atoms with Gasteiger partial charge >= 0.3 is 0 Å². The third-order valence-corrected chi connectivity index (χ3v) is 5.01. The Morgan fingerprint density at radius 2 is 1.96 bits per heavy atom. The summed E-state index contributed by atoms with van der Waals surface area (Å²) in [4.78, 5) is 30.4. The van der Waals surface area contributed by atoms with Crippen LogP contribution in [0.5, 0.6) is 5.75 Å². The Kier molecular flexibility index (Phi) is 7.25. The van der Waals surface area contributed by atoms with Gasteiger partial charge in [-0.3, -0.25) is 14.6 Å². The van der Waals surface area contributed by atoms with Crippen LogP contribution in [0.1, 0.15) is 36.0 Å². The Balaban J connectivity index is 1.34. The van der Waals surface area contributed by atoms with Crippen molar-refractivity contribution >= 4 is 23.4 Å². The molecule has 1 saturated heterocycles. The van der Waals surface area contributed by atoms with E-state index in [1.165, 1.54) is 0 Å². The number of aromatic nitrogens is 1. The van der Waals surface area contributed by atoms with Crippen LogP contribution in [0.4, 0.5) is 0 Å². The zero-order chi connectivity index (χ0) is 19.8. The number of carbonyl (C=O) groups excluding carboxylic acids is 2. The lowest BCUT2D eigenvalue weighted by molar-refractivity contribution is -0.122. The minimum Gasteiger partial charge on any atom is -0.492 e. The van der Waals surface area contributed by atoms with E-state index in [1.54, 1.807) is 30.6 Å². The second-order valence-corrected chi connectivity index (χ2v) is 7.17. The van der Waals surface area contributed by atoms with Crippen LogP contribution in [0.3, 0.4) is 0 Å². The normalized spacial score (nSPS) is 14.5. The van der Waals surface area contributed by atoms with Crippen molar-refractivity contribution < 1.29 is 14.3 Å². The van der Waals surface area contributed by atoms with Gasteiger partial charge in [0.25, 0.3) is 5.91 Å². The third-order valence-electron chi connectivity index (χ3n) is 4.70. The molecule has 2 heterocycles. The fourth-order valence-electron chi connectivity index (χ4n) is 3.18. The van der Waals surface area contributed by atoms with Gasteiger partial charge in [-0.2, -0.15) is 0 Å². The first-order valence-electron chi connectivity index (χ1n) is 9.49. The molecule has 1 aromatic heterocycles. The minimum absolute atomic E-state index is 0.00500. The van der Waals surface area contributed by atoms with E-state index in [0.29, 0.717) is 48.9 Å². The van der Waals surface area contributed by atoms with Gasteiger partial charge in [0.2, 0.25) is 5.91 Å². The molecule has 6 nitrogen and oxygen atoms in total. The van der Waals surface area contributed by atoms with Crippen LogP contribution in [0.2, 0.25) is 5.02 Å². The number of para-hydroxylation sites is 1. The standard InChI is InChI=1S/C21H24ClN3O3/c22-18-6-1-2-7-19(18)28-14-4-8-20(26)24-17-9-12-25(13-10-17)21(27)16-5-3-11-23-15-16/h1-3,5-7,11,15,17H,4,8-10,12-14H2,(H,24,26). The predicted molar refractivity (Wildman–Crippen MR) is 107 cm³/mol. The number of pyridine rings is 1. The van der Waals surface area contributed by atoms with Crippen LogP contribution in [-0.4, -0.2) is 47.4 Å². The average molecular weight is 402 g/mol. The fraction of sp³-hybridized carbons (Fsp3) is 0.381. The first kappa shape index (κ1) is 20.1. The van der Waals surface area contributed by atoms with Crippen molar-refractivity contribution in [1.29, 1.82) is 0 Å². The SMILES string of the molecule is O=C(CCCOc1ccccc1Cl)NC1CCN(C(=O)c2cccnc2)CC1. The van der Waals surface area contributed by atoms with Crippen LogP contribution in [-0.2, 0) is 4.79 Å². The molecule has 1 N–H and O–H groups in total. The van der Waals surface area contributed by atoms with E-state index >= 15 is 0 Å². The minimum atomic E-state index is -0.00500. The highest BCUT2D eigenvalue weighted by molar-refractivity contribution is 6.32. The number of piperidine rings is 1. The van der Waals surface area contributed by atoms with Gasteiger partial charge in [-0.1, -0.05) is 23.7 Å². The Morgan fingerprint density at radius 1 is 1.18 bits per heavy atom. The Labute approximate surface area is 169 Å². The van der Waals surface area contributed by atoms with Gasteiger partial charge in [0.1, 0.15) is 5.75 Å². The summed E-state index contributed by atoms with van der Waals surface area (Å²) in [5, 5.41) is 3.63. The summed E-state index contributed by atoms with van der Waals surface area (Å²) in [6.45, 7) is 1.71. The summed E-state index contributed by atoms with van der Waals surface area (Å²) in [6, 6.07) is 10.9. The van der Waals surface area contributed by atoms with E-state index in [-0.39, 0.29) is 17.9 Å². The summed E-state index contributed by atoms with van der Waals surface area (Å²) in [5.41, 5.74) is 0.600. The van der Waals surface area contributed by atoms with Crippen LogP contribution in [0.15, 0.2) is 48.8 Å². The highest BCUT2D eigenvalue weighted by Crippen LogP contribution is 2.23. The highest BCUT2D eigenvalue weighted by atomic mass is 35.5. The average Bonchev–Trinajstić information content (AvgIpc) is 2.73. The van der Waals surface area contributed by atoms with Gasteiger partial charge in [0.15, 0.2) is 0 Å². The third kappa shape index (κ3) is 5.70. The van der Waals surface area contributed by atoms with E-state index in [4.69, 9.17) is 16.3 Å². The molecule has 0 aliphatic carbocycles. The topological polar surface area (TPSA) is 71.5 Å². The van der Waals surface area contributed by atoms with Gasteiger partial charge in [0, 0.05) is 37.9 Å². The molecule has 1 aliphatic rings. The van der Waals surface area contributed by atoms with E-state index in [1.807, 2.05) is 23.1 Å². The van der Waals surface area contributed by atoms with Crippen LogP contribution in [0.25, 0.3) is 0 Å². The van der Waals surface area contributed by atoms with Crippen molar-refractivity contribution in [3.63, 3.8) is 0 Å². The Bertz CT molecular complexity index is 792. The predicted octanol–water partition coefficient (Wildman–Crippen LogP) is 3.32. The summed E-state index contributed by atoms with van der Waals surface area (Å²) < 4.78 is 5.60. The second-order valence-electron chi connectivity index (χ2n) is 6.76. The maximum absolute atomic E-state index is 12.4. The lowest BCUT2D eigenvalue weighted by Crippen LogP contribution is -2.46. The molecule has 0 unspecified atom stereocenters. The Morgan fingerprint density at radius 3 is 2.68 bits per heavy atom. The highest BCUT2D eigenvalue weighted by Gasteiger charge is 2.24. The number of hydrogen-bond donors (Lipinski definition) is 1. The largest absolute Gasteiger partial charge is 0.492 e. The van der Waals surface area contributed by atoms with Crippen LogP contribution >= 0.6 is 11.6 Å². The number of carbonyl (C=O) groups is 2. The first-order valence-corrected chi connectivity index (χ1v) is 9.87. The molecule has 0 saturated carbocycles. The summed E-state index contributed by atoms with van der Waals surface area (Å²) in [6.07, 6.45) is 5.77. The lowest BCUT2D eigenvalue weighted by Gasteiger charge is -2.32. The molecule has 7 heteroatoms. The molecular formula is C21H24ClN3O3. The van der Waals surface area contributed by atoms with Gasteiger partial charge in [-0.15, -0.1) is 0 Å². The molecule has 0 atom stereocenters. The molecule has 0 radical (unpaired) electrons. The van der Waals surface area contributed by atoms with Crippen molar-refractivity contribution in [3.8, 4) is 5.75 Å². The monoisotopic (exact) mass is 401 g/mol. The number of amides is 2. The summed E-state index contributed by atoms with van der Waals surface area (Å²) in [7, 11) is 0. The van der Waals surface area contributed by atoms with Crippen molar-refractivity contribution in [2.75, 3.05) is 19.7 Å². The fourth-order valence-corrected chi connectivity index (χ4v) is 3.37. The smallest absolute Gasteiger partial charge is 0.255 e. The molecule has 2 aromatic rings. The van der Waals surface area contributed by atoms with Gasteiger partial charge in [-0.05, 0) is 43.5 Å². The second kappa shape index (κ2) is 10.1. The maximum Gasteiger partial charge on any atom is 0.255 e. The van der Waals surface area contributed by atoms with Gasteiger partial charge in [-0.25, -0.2) is 0 Å². The van der Waals surface area contributed by atoms with Crippen LogP contribution in [0, 0.1) is 0 Å². The number of nitrogens with zero attached hydrogens (tertiary/aromatic N) is 2. The number of ether oxygens (including phenoxy) is 1. The zero-order valence-corrected chi connectivity index (χ0v) is 16.4. The van der Waals surface area contributed by atoms with Gasteiger partial charge < -0.3 is 15.0 Å². The van der Waals surface area contributed by atoms with E-state index in [9.17, 15) is 9.59 Å². The molecule has 1 aromatic carbocycles. The molecule has 0 bridgehead atoms. The molecule has 0 spiro atoms. The number of hydrogen-bond acceptors (Lipinski definition) is 4. The number of benzene rings is 1. The summed E-state index contributed by atoms with van der Waals surface area (Å²) >= 11 is 6.03. The van der Waals surface area contributed by atoms with E-state index < -0.39 is 0 Å². The number of rotatable bonds is 7. The number of halogens is 1. The zero-order valence-electron chi connectivity index (χ0n) is 15.6. The molecule has 3 rings (SSSR count). The molecule has 1 aliphatic heterocycles.